The number of carboxylic acids is 1. The number of piperidine rings is 1. The Balaban J connectivity index is 1.73. The highest BCUT2D eigenvalue weighted by Crippen LogP contribution is 2.30. The van der Waals surface area contributed by atoms with Gasteiger partial charge in [0.1, 0.15) is 0 Å². The van der Waals surface area contributed by atoms with Crippen molar-refractivity contribution in [3.05, 3.63) is 23.8 Å². The number of amides is 1. The highest BCUT2D eigenvalue weighted by molar-refractivity contribution is 5.99. The van der Waals surface area contributed by atoms with Crippen molar-refractivity contribution < 1.29 is 14.7 Å². The fourth-order valence-corrected chi connectivity index (χ4v) is 2.80. The Morgan fingerprint density at radius 1 is 1.32 bits per heavy atom. The monoisotopic (exact) mass is 260 g/mol. The molecule has 2 aliphatic rings. The van der Waals surface area contributed by atoms with Crippen molar-refractivity contribution in [2.45, 2.75) is 19.3 Å². The van der Waals surface area contributed by atoms with Crippen LogP contribution in [0.4, 0.5) is 11.4 Å². The van der Waals surface area contributed by atoms with Gasteiger partial charge in [0.2, 0.25) is 5.91 Å². The summed E-state index contributed by atoms with van der Waals surface area (Å²) in [5.74, 6) is -0.867. The molecule has 2 heterocycles. The van der Waals surface area contributed by atoms with Crippen molar-refractivity contribution in [1.82, 2.24) is 0 Å². The third-order valence-electron chi connectivity index (χ3n) is 3.92. The first kappa shape index (κ1) is 12.0. The minimum atomic E-state index is -0.691. The molecule has 5 nitrogen and oxygen atoms in total. The number of hydrogen-bond acceptors (Lipinski definition) is 3. The smallest absolute Gasteiger partial charge is 0.306 e. The van der Waals surface area contributed by atoms with E-state index in [4.69, 9.17) is 5.11 Å². The minimum absolute atomic E-state index is 0.0386. The molecule has 19 heavy (non-hydrogen) atoms. The fraction of sp³-hybridized carbons (Fsp3) is 0.429. The van der Waals surface area contributed by atoms with E-state index in [1.165, 1.54) is 0 Å². The summed E-state index contributed by atoms with van der Waals surface area (Å²) < 4.78 is 0. The summed E-state index contributed by atoms with van der Waals surface area (Å²) in [5, 5.41) is 11.8. The van der Waals surface area contributed by atoms with Crippen LogP contribution in [-0.4, -0.2) is 30.1 Å². The van der Waals surface area contributed by atoms with Crippen LogP contribution in [0.3, 0.4) is 0 Å². The van der Waals surface area contributed by atoms with E-state index < -0.39 is 5.97 Å². The van der Waals surface area contributed by atoms with Gasteiger partial charge >= 0.3 is 5.97 Å². The van der Waals surface area contributed by atoms with Gasteiger partial charge in [-0.3, -0.25) is 9.59 Å². The lowest BCUT2D eigenvalue weighted by Gasteiger charge is -2.32. The van der Waals surface area contributed by atoms with Gasteiger partial charge in [-0.15, -0.1) is 0 Å². The van der Waals surface area contributed by atoms with Gasteiger partial charge in [0.15, 0.2) is 0 Å². The molecule has 1 amide bonds. The number of carbonyl (C=O) groups is 2. The maximum atomic E-state index is 11.3. The predicted molar refractivity (Wildman–Crippen MR) is 71.3 cm³/mol. The zero-order chi connectivity index (χ0) is 13.4. The Morgan fingerprint density at radius 2 is 2.05 bits per heavy atom. The van der Waals surface area contributed by atoms with Crippen LogP contribution in [0, 0.1) is 5.92 Å². The lowest BCUT2D eigenvalue weighted by atomic mass is 9.96. The Bertz CT molecular complexity index is 533. The third-order valence-corrected chi connectivity index (χ3v) is 3.92. The molecule has 0 aromatic heterocycles. The van der Waals surface area contributed by atoms with E-state index in [0.717, 1.165) is 30.0 Å². The van der Waals surface area contributed by atoms with E-state index in [2.05, 4.69) is 10.2 Å². The fourth-order valence-electron chi connectivity index (χ4n) is 2.80. The number of anilines is 2. The molecule has 0 unspecified atom stereocenters. The second-order valence-electron chi connectivity index (χ2n) is 5.17. The van der Waals surface area contributed by atoms with Crippen LogP contribution in [-0.2, 0) is 16.0 Å². The van der Waals surface area contributed by atoms with E-state index in [1.54, 1.807) is 0 Å². The summed E-state index contributed by atoms with van der Waals surface area (Å²) >= 11 is 0. The van der Waals surface area contributed by atoms with Crippen LogP contribution < -0.4 is 10.2 Å². The molecule has 1 fully saturated rings. The van der Waals surface area contributed by atoms with Crippen LogP contribution in [0.2, 0.25) is 0 Å². The topological polar surface area (TPSA) is 69.6 Å². The van der Waals surface area contributed by atoms with Crippen LogP contribution in [0.25, 0.3) is 0 Å². The predicted octanol–water partition coefficient (Wildman–Crippen LogP) is 1.48. The van der Waals surface area contributed by atoms with E-state index in [-0.39, 0.29) is 11.8 Å². The van der Waals surface area contributed by atoms with Crippen molar-refractivity contribution >= 4 is 23.3 Å². The second-order valence-corrected chi connectivity index (χ2v) is 5.17. The SMILES string of the molecule is O=C1Cc2cc(N3CCC(C(=O)O)CC3)ccc2N1. The van der Waals surface area contributed by atoms with Crippen molar-refractivity contribution in [2.24, 2.45) is 5.92 Å². The Morgan fingerprint density at radius 3 is 2.74 bits per heavy atom. The summed E-state index contributed by atoms with van der Waals surface area (Å²) in [4.78, 5) is 24.4. The molecule has 100 valence electrons. The van der Waals surface area contributed by atoms with Crippen molar-refractivity contribution in [3.8, 4) is 0 Å². The quantitative estimate of drug-likeness (QED) is 0.845. The first-order valence-electron chi connectivity index (χ1n) is 6.54. The highest BCUT2D eigenvalue weighted by atomic mass is 16.4. The molecule has 0 atom stereocenters. The van der Waals surface area contributed by atoms with Gasteiger partial charge < -0.3 is 15.3 Å². The van der Waals surface area contributed by atoms with Crippen molar-refractivity contribution in [3.63, 3.8) is 0 Å². The van der Waals surface area contributed by atoms with Gasteiger partial charge in [-0.1, -0.05) is 0 Å². The molecule has 0 radical (unpaired) electrons. The van der Waals surface area contributed by atoms with Crippen LogP contribution in [0.15, 0.2) is 18.2 Å². The maximum absolute atomic E-state index is 11.3. The molecule has 1 saturated heterocycles. The Labute approximate surface area is 111 Å². The van der Waals surface area contributed by atoms with E-state index in [0.29, 0.717) is 19.3 Å². The number of carbonyl (C=O) groups excluding carboxylic acids is 1. The number of carboxylic acid groups (broad SMARTS) is 1. The molecule has 2 aliphatic heterocycles. The molecule has 0 spiro atoms. The standard InChI is InChI=1S/C14H16N2O3/c17-13-8-10-7-11(1-2-12(10)15-13)16-5-3-9(4-6-16)14(18)19/h1-2,7,9H,3-6,8H2,(H,15,17)(H,18,19). The summed E-state index contributed by atoms with van der Waals surface area (Å²) in [6, 6.07) is 5.96. The lowest BCUT2D eigenvalue weighted by molar-refractivity contribution is -0.142. The summed E-state index contributed by atoms with van der Waals surface area (Å²) in [5.41, 5.74) is 3.01. The van der Waals surface area contributed by atoms with Crippen LogP contribution in [0.5, 0.6) is 0 Å². The zero-order valence-corrected chi connectivity index (χ0v) is 10.6. The zero-order valence-electron chi connectivity index (χ0n) is 10.6. The van der Waals surface area contributed by atoms with Gasteiger partial charge in [0.05, 0.1) is 12.3 Å². The number of aliphatic carboxylic acids is 1. The first-order valence-corrected chi connectivity index (χ1v) is 6.54. The Hall–Kier alpha value is -2.04. The average molecular weight is 260 g/mol. The number of nitrogens with one attached hydrogen (secondary N) is 1. The molecule has 5 heteroatoms. The van der Waals surface area contributed by atoms with E-state index in [1.807, 2.05) is 18.2 Å². The van der Waals surface area contributed by atoms with Gasteiger partial charge in [-0.05, 0) is 36.6 Å². The lowest BCUT2D eigenvalue weighted by Crippen LogP contribution is -2.36. The Kier molecular flexibility index (Phi) is 2.89. The number of nitrogens with zero attached hydrogens (tertiary/aromatic N) is 1. The summed E-state index contributed by atoms with van der Waals surface area (Å²) in [6.07, 6.45) is 1.81. The number of hydrogen-bond donors (Lipinski definition) is 2. The molecule has 1 aromatic carbocycles. The molecule has 2 N–H and O–H groups in total. The van der Waals surface area contributed by atoms with Gasteiger partial charge in [-0.2, -0.15) is 0 Å². The molecule has 0 bridgehead atoms. The first-order chi connectivity index (χ1) is 9.13. The molecule has 0 saturated carbocycles. The van der Waals surface area contributed by atoms with Crippen molar-refractivity contribution in [2.75, 3.05) is 23.3 Å². The third kappa shape index (κ3) is 2.28. The summed E-state index contributed by atoms with van der Waals surface area (Å²) in [6.45, 7) is 1.52. The number of fused-ring (bicyclic) bond motifs is 1. The van der Waals surface area contributed by atoms with E-state index >= 15 is 0 Å². The van der Waals surface area contributed by atoms with Gasteiger partial charge in [0.25, 0.3) is 0 Å². The average Bonchev–Trinajstić information content (AvgIpc) is 2.77. The van der Waals surface area contributed by atoms with Crippen LogP contribution >= 0.6 is 0 Å². The normalized spacial score (nSPS) is 19.2. The molecule has 1 aromatic rings. The van der Waals surface area contributed by atoms with Crippen LogP contribution in [0.1, 0.15) is 18.4 Å². The molecular weight excluding hydrogens is 244 g/mol. The molecule has 0 aliphatic carbocycles. The second kappa shape index (κ2) is 4.57. The molecular formula is C14H16N2O3. The molecule has 3 rings (SSSR count). The highest BCUT2D eigenvalue weighted by Gasteiger charge is 2.25. The number of rotatable bonds is 2. The van der Waals surface area contributed by atoms with Gasteiger partial charge in [0, 0.05) is 24.5 Å². The largest absolute Gasteiger partial charge is 0.481 e. The van der Waals surface area contributed by atoms with Gasteiger partial charge in [-0.25, -0.2) is 0 Å². The minimum Gasteiger partial charge on any atom is -0.481 e. The maximum Gasteiger partial charge on any atom is 0.306 e. The van der Waals surface area contributed by atoms with Crippen molar-refractivity contribution in [1.29, 1.82) is 0 Å². The van der Waals surface area contributed by atoms with E-state index in [9.17, 15) is 9.59 Å². The summed E-state index contributed by atoms with van der Waals surface area (Å²) in [7, 11) is 0. The number of benzene rings is 1.